The van der Waals surface area contributed by atoms with E-state index in [2.05, 4.69) is 10.3 Å². The Kier molecular flexibility index (Phi) is 7.21. The van der Waals surface area contributed by atoms with E-state index in [1.165, 1.54) is 6.07 Å². The van der Waals surface area contributed by atoms with Crippen molar-refractivity contribution in [2.24, 2.45) is 5.92 Å². The molecule has 1 amide bonds. The lowest BCUT2D eigenvalue weighted by Gasteiger charge is -2.14. The summed E-state index contributed by atoms with van der Waals surface area (Å²) in [6.45, 7) is 4.24. The molecule has 2 aromatic heterocycles. The van der Waals surface area contributed by atoms with Crippen LogP contribution >= 0.6 is 23.1 Å². The molecule has 0 aliphatic carbocycles. The quantitative estimate of drug-likeness (QED) is 0.531. The molecule has 2 aromatic rings. The van der Waals surface area contributed by atoms with Crippen molar-refractivity contribution >= 4 is 34.8 Å². The minimum absolute atomic E-state index is 0.115. The first-order chi connectivity index (χ1) is 13.1. The first-order valence-electron chi connectivity index (χ1n) is 8.13. The Morgan fingerprint density at radius 3 is 2.64 bits per heavy atom. The topological polar surface area (TPSA) is 82.8 Å². The predicted molar refractivity (Wildman–Crippen MR) is 100 cm³/mol. The summed E-state index contributed by atoms with van der Waals surface area (Å²) >= 11 is 1.72. The molecule has 0 aromatic carbocycles. The van der Waals surface area contributed by atoms with Crippen LogP contribution in [0.15, 0.2) is 28.6 Å². The van der Waals surface area contributed by atoms with Gasteiger partial charge in [0.05, 0.1) is 21.8 Å². The standard InChI is InChI=1S/C18H16F3N3O2S2/c1-10(2)8-23-14(25)9-28-17-11(7-22)6-12(16(24-17)18(19,20)21)15(26)13-4-3-5-27-13/h3-6,10H,8-9H2,1-2H3,(H,23,25). The van der Waals surface area contributed by atoms with E-state index in [1.807, 2.05) is 13.8 Å². The van der Waals surface area contributed by atoms with Crippen LogP contribution in [0.1, 0.15) is 40.3 Å². The van der Waals surface area contributed by atoms with E-state index in [0.29, 0.717) is 6.54 Å². The second-order valence-electron chi connectivity index (χ2n) is 6.14. The van der Waals surface area contributed by atoms with Crippen LogP contribution in [-0.2, 0) is 11.0 Å². The van der Waals surface area contributed by atoms with Gasteiger partial charge in [0.15, 0.2) is 5.69 Å². The molecule has 28 heavy (non-hydrogen) atoms. The summed E-state index contributed by atoms with van der Waals surface area (Å²) in [5.41, 5.74) is -2.23. The Morgan fingerprint density at radius 2 is 2.11 bits per heavy atom. The molecule has 0 atom stereocenters. The number of aromatic nitrogens is 1. The van der Waals surface area contributed by atoms with E-state index in [-0.39, 0.29) is 33.0 Å². The zero-order valence-corrected chi connectivity index (χ0v) is 16.6. The third-order valence-corrected chi connectivity index (χ3v) is 5.27. The highest BCUT2D eigenvalue weighted by Crippen LogP contribution is 2.35. The normalized spacial score (nSPS) is 11.3. The second kappa shape index (κ2) is 9.21. The van der Waals surface area contributed by atoms with Gasteiger partial charge in [0, 0.05) is 6.54 Å². The van der Waals surface area contributed by atoms with E-state index in [1.54, 1.807) is 17.5 Å². The molecule has 10 heteroatoms. The van der Waals surface area contributed by atoms with Crippen molar-refractivity contribution in [3.8, 4) is 6.07 Å². The van der Waals surface area contributed by atoms with Crippen molar-refractivity contribution in [3.63, 3.8) is 0 Å². The van der Waals surface area contributed by atoms with E-state index in [4.69, 9.17) is 0 Å². The van der Waals surface area contributed by atoms with Gasteiger partial charge in [-0.15, -0.1) is 11.3 Å². The lowest BCUT2D eigenvalue weighted by atomic mass is 10.1. The number of amides is 1. The van der Waals surface area contributed by atoms with Crippen molar-refractivity contribution < 1.29 is 22.8 Å². The Balaban J connectivity index is 2.36. The minimum Gasteiger partial charge on any atom is -0.355 e. The molecule has 0 fully saturated rings. The highest BCUT2D eigenvalue weighted by Gasteiger charge is 2.38. The van der Waals surface area contributed by atoms with Crippen LogP contribution in [0.3, 0.4) is 0 Å². The maximum absolute atomic E-state index is 13.5. The first-order valence-corrected chi connectivity index (χ1v) is 10.00. The van der Waals surface area contributed by atoms with Gasteiger partial charge in [-0.05, 0) is 23.4 Å². The molecule has 2 rings (SSSR count). The number of alkyl halides is 3. The van der Waals surface area contributed by atoms with Crippen LogP contribution in [0.5, 0.6) is 0 Å². The first kappa shape index (κ1) is 21.9. The third-order valence-electron chi connectivity index (χ3n) is 3.41. The number of ketones is 1. The lowest BCUT2D eigenvalue weighted by molar-refractivity contribution is -0.141. The number of thioether (sulfide) groups is 1. The number of carbonyl (C=O) groups excluding carboxylic acids is 2. The van der Waals surface area contributed by atoms with Gasteiger partial charge in [-0.3, -0.25) is 9.59 Å². The van der Waals surface area contributed by atoms with Crippen molar-refractivity contribution in [2.75, 3.05) is 12.3 Å². The number of pyridine rings is 1. The third kappa shape index (κ3) is 5.56. The average Bonchev–Trinajstić information content (AvgIpc) is 3.17. The molecule has 2 heterocycles. The van der Waals surface area contributed by atoms with Gasteiger partial charge in [0.25, 0.3) is 0 Å². The molecule has 0 saturated heterocycles. The van der Waals surface area contributed by atoms with Crippen LogP contribution in [-0.4, -0.2) is 29.0 Å². The minimum atomic E-state index is -4.88. The summed E-state index contributed by atoms with van der Waals surface area (Å²) in [6, 6.07) is 5.60. The summed E-state index contributed by atoms with van der Waals surface area (Å²) in [5, 5.41) is 13.3. The number of carbonyl (C=O) groups is 2. The van der Waals surface area contributed by atoms with Gasteiger partial charge in [0.2, 0.25) is 11.7 Å². The van der Waals surface area contributed by atoms with Gasteiger partial charge in [0.1, 0.15) is 11.1 Å². The van der Waals surface area contributed by atoms with Gasteiger partial charge >= 0.3 is 6.18 Å². The Bertz CT molecular complexity index is 904. The molecule has 1 N–H and O–H groups in total. The van der Waals surface area contributed by atoms with Gasteiger partial charge in [-0.1, -0.05) is 31.7 Å². The van der Waals surface area contributed by atoms with Crippen molar-refractivity contribution in [3.05, 3.63) is 45.3 Å². The fourth-order valence-corrected chi connectivity index (χ4v) is 3.58. The molecule has 0 unspecified atom stereocenters. The SMILES string of the molecule is CC(C)CNC(=O)CSc1nc(C(F)(F)F)c(C(=O)c2cccs2)cc1C#N. The van der Waals surface area contributed by atoms with Crippen molar-refractivity contribution in [2.45, 2.75) is 25.0 Å². The van der Waals surface area contributed by atoms with Crippen molar-refractivity contribution in [1.29, 1.82) is 5.26 Å². The summed E-state index contributed by atoms with van der Waals surface area (Å²) in [6.07, 6.45) is -4.88. The molecular formula is C18H16F3N3O2S2. The number of nitrogens with one attached hydrogen (secondary N) is 1. The summed E-state index contributed by atoms with van der Waals surface area (Å²) in [4.78, 5) is 27.9. The summed E-state index contributed by atoms with van der Waals surface area (Å²) < 4.78 is 40.5. The van der Waals surface area contributed by atoms with Gasteiger partial charge in [-0.2, -0.15) is 18.4 Å². The number of hydrogen-bond donors (Lipinski definition) is 1. The summed E-state index contributed by atoms with van der Waals surface area (Å²) in [7, 11) is 0. The number of rotatable bonds is 7. The fraction of sp³-hybridized carbons (Fsp3) is 0.333. The Hall–Kier alpha value is -2.38. The van der Waals surface area contributed by atoms with Crippen LogP contribution in [0.4, 0.5) is 13.2 Å². The average molecular weight is 427 g/mol. The smallest absolute Gasteiger partial charge is 0.355 e. The molecule has 5 nitrogen and oxygen atoms in total. The molecule has 0 bridgehead atoms. The molecule has 0 saturated carbocycles. The maximum Gasteiger partial charge on any atom is 0.434 e. The zero-order valence-electron chi connectivity index (χ0n) is 15.0. The fourth-order valence-electron chi connectivity index (χ4n) is 2.12. The van der Waals surface area contributed by atoms with Crippen LogP contribution in [0, 0.1) is 17.2 Å². The molecule has 0 spiro atoms. The predicted octanol–water partition coefficient (Wildman–Crippen LogP) is 4.13. The molecule has 0 aliphatic rings. The van der Waals surface area contributed by atoms with Crippen LogP contribution in [0.2, 0.25) is 0 Å². The largest absolute Gasteiger partial charge is 0.434 e. The Labute approximate surface area is 168 Å². The van der Waals surface area contributed by atoms with Crippen LogP contribution in [0.25, 0.3) is 0 Å². The highest BCUT2D eigenvalue weighted by molar-refractivity contribution is 8.00. The molecule has 148 valence electrons. The molecular weight excluding hydrogens is 411 g/mol. The number of nitrogens with zero attached hydrogens (tertiary/aromatic N) is 2. The van der Waals surface area contributed by atoms with E-state index < -0.39 is 23.2 Å². The molecule has 0 aliphatic heterocycles. The van der Waals surface area contributed by atoms with Gasteiger partial charge in [-0.25, -0.2) is 4.98 Å². The number of halogens is 3. The monoisotopic (exact) mass is 427 g/mol. The number of nitriles is 1. The number of thiophene rings is 1. The number of hydrogen-bond acceptors (Lipinski definition) is 6. The van der Waals surface area contributed by atoms with Gasteiger partial charge < -0.3 is 5.32 Å². The lowest BCUT2D eigenvalue weighted by Crippen LogP contribution is -2.28. The molecule has 0 radical (unpaired) electrons. The van der Waals surface area contributed by atoms with Crippen LogP contribution < -0.4 is 5.32 Å². The summed E-state index contributed by atoms with van der Waals surface area (Å²) in [5.74, 6) is -1.19. The maximum atomic E-state index is 13.5. The Morgan fingerprint density at radius 1 is 1.39 bits per heavy atom. The van der Waals surface area contributed by atoms with Crippen molar-refractivity contribution in [1.82, 2.24) is 10.3 Å². The highest BCUT2D eigenvalue weighted by atomic mass is 32.2. The van der Waals surface area contributed by atoms with E-state index in [9.17, 15) is 28.0 Å². The van der Waals surface area contributed by atoms with E-state index >= 15 is 0 Å². The van der Waals surface area contributed by atoms with E-state index in [0.717, 1.165) is 29.2 Å². The second-order valence-corrected chi connectivity index (χ2v) is 8.05. The zero-order chi connectivity index (χ0) is 20.9.